The Bertz CT molecular complexity index is 1330. The van der Waals surface area contributed by atoms with Gasteiger partial charge in [0, 0.05) is 12.6 Å². The molecule has 0 aliphatic rings. The van der Waals surface area contributed by atoms with Crippen molar-refractivity contribution < 1.29 is 22.7 Å². The van der Waals surface area contributed by atoms with Gasteiger partial charge in [0.1, 0.15) is 18.3 Å². The standard InChI is InChI=1S/C30H37N3O5S/c1-5-23(3)31-30(35)28(6-2)32(21-24-14-13-17-26(20-24)38-4)29(34)22-33(25-15-9-7-10-16-25)39(36,37)27-18-11-8-12-19-27/h7-20,23,28H,5-6,21-22H2,1-4H3,(H,31,35)/t23-,28-/m0/s1. The number of nitrogens with one attached hydrogen (secondary N) is 1. The van der Waals surface area contributed by atoms with Crippen molar-refractivity contribution in [3.05, 3.63) is 90.5 Å². The molecule has 39 heavy (non-hydrogen) atoms. The normalized spacial score (nSPS) is 12.7. The number of nitrogens with zero attached hydrogens (tertiary/aromatic N) is 2. The van der Waals surface area contributed by atoms with Gasteiger partial charge in [-0.05, 0) is 61.7 Å². The number of hydrogen-bond donors (Lipinski definition) is 1. The van der Waals surface area contributed by atoms with Gasteiger partial charge in [0.15, 0.2) is 0 Å². The molecule has 3 aromatic rings. The van der Waals surface area contributed by atoms with Crippen molar-refractivity contribution in [1.82, 2.24) is 10.2 Å². The first-order chi connectivity index (χ1) is 18.7. The largest absolute Gasteiger partial charge is 0.497 e. The van der Waals surface area contributed by atoms with E-state index in [0.29, 0.717) is 17.9 Å². The third-order valence-electron chi connectivity index (χ3n) is 6.53. The SMILES string of the molecule is CC[C@H](C)NC(=O)[C@H](CC)N(Cc1cccc(OC)c1)C(=O)CN(c1ccccc1)S(=O)(=O)c1ccccc1. The number of carbonyl (C=O) groups is 2. The highest BCUT2D eigenvalue weighted by molar-refractivity contribution is 7.92. The van der Waals surface area contributed by atoms with Gasteiger partial charge in [-0.2, -0.15) is 0 Å². The van der Waals surface area contributed by atoms with E-state index >= 15 is 0 Å². The van der Waals surface area contributed by atoms with E-state index in [9.17, 15) is 18.0 Å². The van der Waals surface area contributed by atoms with Gasteiger partial charge in [-0.1, -0.05) is 62.4 Å². The second-order valence-corrected chi connectivity index (χ2v) is 11.1. The lowest BCUT2D eigenvalue weighted by atomic mass is 10.1. The van der Waals surface area contributed by atoms with E-state index in [2.05, 4.69) is 5.32 Å². The molecule has 1 N–H and O–H groups in total. The van der Waals surface area contributed by atoms with Crippen LogP contribution in [0.4, 0.5) is 5.69 Å². The average Bonchev–Trinajstić information content (AvgIpc) is 2.96. The first-order valence-electron chi connectivity index (χ1n) is 13.1. The molecular weight excluding hydrogens is 514 g/mol. The number of ether oxygens (including phenoxy) is 1. The number of amides is 2. The number of benzene rings is 3. The summed E-state index contributed by atoms with van der Waals surface area (Å²) in [5.41, 5.74) is 1.11. The van der Waals surface area contributed by atoms with Gasteiger partial charge >= 0.3 is 0 Å². The van der Waals surface area contributed by atoms with Gasteiger partial charge in [0.2, 0.25) is 11.8 Å². The molecule has 0 spiro atoms. The van der Waals surface area contributed by atoms with Crippen molar-refractivity contribution in [2.45, 2.75) is 57.1 Å². The average molecular weight is 552 g/mol. The lowest BCUT2D eigenvalue weighted by Crippen LogP contribution is -2.53. The highest BCUT2D eigenvalue weighted by atomic mass is 32.2. The molecule has 3 aromatic carbocycles. The molecule has 0 bridgehead atoms. The second-order valence-electron chi connectivity index (χ2n) is 9.28. The van der Waals surface area contributed by atoms with Gasteiger partial charge in [0.25, 0.3) is 10.0 Å². The molecule has 8 nitrogen and oxygen atoms in total. The van der Waals surface area contributed by atoms with Gasteiger partial charge in [-0.25, -0.2) is 8.42 Å². The van der Waals surface area contributed by atoms with Crippen LogP contribution in [0.25, 0.3) is 0 Å². The zero-order chi connectivity index (χ0) is 28.4. The molecule has 2 atom stereocenters. The van der Waals surface area contributed by atoms with Crippen LogP contribution in [0.3, 0.4) is 0 Å². The maximum absolute atomic E-state index is 14.0. The fourth-order valence-electron chi connectivity index (χ4n) is 4.17. The summed E-state index contributed by atoms with van der Waals surface area (Å²) in [5.74, 6) is -0.151. The van der Waals surface area contributed by atoms with Crippen molar-refractivity contribution >= 4 is 27.5 Å². The molecule has 0 saturated heterocycles. The molecular formula is C30H37N3O5S. The number of methoxy groups -OCH3 is 1. The van der Waals surface area contributed by atoms with Gasteiger partial charge in [-0.3, -0.25) is 13.9 Å². The first kappa shape index (κ1) is 29.7. The van der Waals surface area contributed by atoms with Crippen LogP contribution in [0.5, 0.6) is 5.75 Å². The van der Waals surface area contributed by atoms with Crippen molar-refractivity contribution in [1.29, 1.82) is 0 Å². The molecule has 0 saturated carbocycles. The molecule has 0 fully saturated rings. The van der Waals surface area contributed by atoms with Crippen LogP contribution in [-0.2, 0) is 26.2 Å². The number of anilines is 1. The summed E-state index contributed by atoms with van der Waals surface area (Å²) < 4.78 is 33.9. The van der Waals surface area contributed by atoms with Crippen LogP contribution in [0, 0.1) is 0 Å². The van der Waals surface area contributed by atoms with Crippen molar-refractivity contribution in [3.8, 4) is 5.75 Å². The van der Waals surface area contributed by atoms with Crippen LogP contribution in [-0.4, -0.2) is 50.9 Å². The number of carbonyl (C=O) groups excluding carboxylic acids is 2. The zero-order valence-corrected chi connectivity index (χ0v) is 23.7. The van der Waals surface area contributed by atoms with Crippen molar-refractivity contribution in [2.24, 2.45) is 0 Å². The van der Waals surface area contributed by atoms with Crippen LogP contribution < -0.4 is 14.4 Å². The predicted octanol–water partition coefficient (Wildman–Crippen LogP) is 4.61. The van der Waals surface area contributed by atoms with E-state index in [4.69, 9.17) is 4.74 Å². The van der Waals surface area contributed by atoms with Crippen LogP contribution >= 0.6 is 0 Å². The molecule has 0 heterocycles. The van der Waals surface area contributed by atoms with Crippen LogP contribution in [0.1, 0.15) is 39.2 Å². The fraction of sp³-hybridized carbons (Fsp3) is 0.333. The molecule has 0 aliphatic heterocycles. The summed E-state index contributed by atoms with van der Waals surface area (Å²) in [4.78, 5) is 28.9. The highest BCUT2D eigenvalue weighted by Crippen LogP contribution is 2.25. The molecule has 0 unspecified atom stereocenters. The van der Waals surface area contributed by atoms with Crippen LogP contribution in [0.2, 0.25) is 0 Å². The number of hydrogen-bond acceptors (Lipinski definition) is 5. The van der Waals surface area contributed by atoms with E-state index in [0.717, 1.165) is 16.3 Å². The molecule has 9 heteroatoms. The lowest BCUT2D eigenvalue weighted by Gasteiger charge is -2.33. The van der Waals surface area contributed by atoms with E-state index in [1.165, 1.54) is 17.0 Å². The maximum Gasteiger partial charge on any atom is 0.264 e. The molecule has 0 aromatic heterocycles. The fourth-order valence-corrected chi connectivity index (χ4v) is 5.61. The van der Waals surface area contributed by atoms with Gasteiger partial charge in [0.05, 0.1) is 17.7 Å². The molecule has 0 aliphatic carbocycles. The smallest absolute Gasteiger partial charge is 0.264 e. The highest BCUT2D eigenvalue weighted by Gasteiger charge is 2.33. The summed E-state index contributed by atoms with van der Waals surface area (Å²) in [7, 11) is -2.52. The Balaban J connectivity index is 2.03. The van der Waals surface area contributed by atoms with Crippen molar-refractivity contribution in [3.63, 3.8) is 0 Å². The third kappa shape index (κ3) is 7.60. The molecule has 0 radical (unpaired) electrons. The third-order valence-corrected chi connectivity index (χ3v) is 8.32. The maximum atomic E-state index is 14.0. The first-order valence-corrected chi connectivity index (χ1v) is 14.5. The summed E-state index contributed by atoms with van der Waals surface area (Å²) in [6.45, 7) is 5.34. The minimum absolute atomic E-state index is 0.0698. The predicted molar refractivity (Wildman–Crippen MR) is 153 cm³/mol. The Labute approximate surface area is 231 Å². The Morgan fingerprint density at radius 3 is 2.13 bits per heavy atom. The summed E-state index contributed by atoms with van der Waals surface area (Å²) in [6, 6.07) is 22.9. The van der Waals surface area contributed by atoms with E-state index < -0.39 is 28.5 Å². The number of sulfonamides is 1. The Morgan fingerprint density at radius 1 is 0.897 bits per heavy atom. The molecule has 3 rings (SSSR count). The second kappa shape index (κ2) is 13.8. The van der Waals surface area contributed by atoms with Crippen molar-refractivity contribution in [2.75, 3.05) is 18.0 Å². The molecule has 2 amide bonds. The lowest BCUT2D eigenvalue weighted by molar-refractivity contribution is -0.140. The minimum Gasteiger partial charge on any atom is -0.497 e. The quantitative estimate of drug-likeness (QED) is 0.335. The Morgan fingerprint density at radius 2 is 1.54 bits per heavy atom. The summed E-state index contributed by atoms with van der Waals surface area (Å²) in [5, 5.41) is 2.98. The molecule has 208 valence electrons. The Kier molecular flexibility index (Phi) is 10.5. The Hall–Kier alpha value is -3.85. The van der Waals surface area contributed by atoms with E-state index in [-0.39, 0.29) is 23.4 Å². The number of rotatable bonds is 13. The minimum atomic E-state index is -4.08. The van der Waals surface area contributed by atoms with Gasteiger partial charge in [-0.15, -0.1) is 0 Å². The zero-order valence-electron chi connectivity index (χ0n) is 22.9. The van der Waals surface area contributed by atoms with Crippen LogP contribution in [0.15, 0.2) is 89.8 Å². The van der Waals surface area contributed by atoms with E-state index in [1.54, 1.807) is 67.8 Å². The summed E-state index contributed by atoms with van der Waals surface area (Å²) in [6.07, 6.45) is 1.10. The number of para-hydroxylation sites is 1. The van der Waals surface area contributed by atoms with E-state index in [1.807, 2.05) is 32.9 Å². The topological polar surface area (TPSA) is 96.0 Å². The van der Waals surface area contributed by atoms with Gasteiger partial charge < -0.3 is 15.0 Å². The monoisotopic (exact) mass is 551 g/mol. The summed E-state index contributed by atoms with van der Waals surface area (Å²) >= 11 is 0.